The first kappa shape index (κ1) is 14.5. The van der Waals surface area contributed by atoms with Crippen LogP contribution in [-0.2, 0) is 12.0 Å². The first-order chi connectivity index (χ1) is 9.51. The molecule has 3 N–H and O–H groups in total. The number of rotatable bonds is 3. The SMILES string of the molecule is C#CC(O)(c1ccc(CC)cc1)c1ccc(Cl)cc1N. The van der Waals surface area contributed by atoms with E-state index >= 15 is 0 Å². The van der Waals surface area contributed by atoms with E-state index in [-0.39, 0.29) is 0 Å². The van der Waals surface area contributed by atoms with Crippen LogP contribution in [0.15, 0.2) is 42.5 Å². The zero-order valence-corrected chi connectivity index (χ0v) is 12.0. The normalized spacial score (nSPS) is 13.5. The molecule has 2 aromatic carbocycles. The lowest BCUT2D eigenvalue weighted by Gasteiger charge is -2.25. The molecule has 3 heteroatoms. The van der Waals surface area contributed by atoms with Crippen LogP contribution in [0.5, 0.6) is 0 Å². The number of benzene rings is 2. The van der Waals surface area contributed by atoms with Crippen LogP contribution >= 0.6 is 11.6 Å². The van der Waals surface area contributed by atoms with Gasteiger partial charge in [-0.25, -0.2) is 0 Å². The van der Waals surface area contributed by atoms with Crippen molar-refractivity contribution in [2.24, 2.45) is 0 Å². The van der Waals surface area contributed by atoms with Gasteiger partial charge in [-0.15, -0.1) is 6.42 Å². The van der Waals surface area contributed by atoms with Gasteiger partial charge in [0.2, 0.25) is 0 Å². The van der Waals surface area contributed by atoms with Crippen molar-refractivity contribution in [3.8, 4) is 12.3 Å². The molecule has 0 aliphatic carbocycles. The zero-order chi connectivity index (χ0) is 14.8. The minimum atomic E-state index is -1.55. The van der Waals surface area contributed by atoms with Crippen LogP contribution in [-0.4, -0.2) is 5.11 Å². The average molecular weight is 286 g/mol. The van der Waals surface area contributed by atoms with Gasteiger partial charge in [-0.1, -0.05) is 54.8 Å². The Morgan fingerprint density at radius 3 is 2.40 bits per heavy atom. The maximum atomic E-state index is 10.8. The highest BCUT2D eigenvalue weighted by molar-refractivity contribution is 6.30. The van der Waals surface area contributed by atoms with Crippen molar-refractivity contribution < 1.29 is 5.11 Å². The number of nitrogen functional groups attached to an aromatic ring is 1. The molecule has 1 unspecified atom stereocenters. The largest absolute Gasteiger partial charge is 0.398 e. The summed E-state index contributed by atoms with van der Waals surface area (Å²) < 4.78 is 0. The molecular weight excluding hydrogens is 270 g/mol. The second-order valence-electron chi connectivity index (χ2n) is 4.64. The van der Waals surface area contributed by atoms with Crippen molar-refractivity contribution in [1.29, 1.82) is 0 Å². The summed E-state index contributed by atoms with van der Waals surface area (Å²) in [7, 11) is 0. The number of hydrogen-bond acceptors (Lipinski definition) is 2. The van der Waals surface area contributed by atoms with E-state index < -0.39 is 5.60 Å². The maximum Gasteiger partial charge on any atom is 0.178 e. The number of halogens is 1. The fourth-order valence-electron chi connectivity index (χ4n) is 2.16. The van der Waals surface area contributed by atoms with E-state index in [1.54, 1.807) is 18.2 Å². The monoisotopic (exact) mass is 285 g/mol. The number of nitrogens with two attached hydrogens (primary N) is 1. The van der Waals surface area contributed by atoms with Gasteiger partial charge in [0.05, 0.1) is 0 Å². The van der Waals surface area contributed by atoms with E-state index in [0.29, 0.717) is 21.8 Å². The molecule has 20 heavy (non-hydrogen) atoms. The maximum absolute atomic E-state index is 10.8. The number of anilines is 1. The van der Waals surface area contributed by atoms with Crippen molar-refractivity contribution in [3.63, 3.8) is 0 Å². The van der Waals surface area contributed by atoms with Crippen molar-refractivity contribution in [3.05, 3.63) is 64.2 Å². The Morgan fingerprint density at radius 1 is 1.25 bits per heavy atom. The van der Waals surface area contributed by atoms with Gasteiger partial charge < -0.3 is 10.8 Å². The quantitative estimate of drug-likeness (QED) is 0.671. The summed E-state index contributed by atoms with van der Waals surface area (Å²) in [5, 5.41) is 11.3. The van der Waals surface area contributed by atoms with Crippen molar-refractivity contribution >= 4 is 17.3 Å². The first-order valence-electron chi connectivity index (χ1n) is 6.36. The number of hydrogen-bond donors (Lipinski definition) is 2. The minimum Gasteiger partial charge on any atom is -0.398 e. The molecule has 0 fully saturated rings. The van der Waals surface area contributed by atoms with Gasteiger partial charge in [0.25, 0.3) is 0 Å². The van der Waals surface area contributed by atoms with E-state index in [9.17, 15) is 5.11 Å². The number of aryl methyl sites for hydroxylation is 1. The fraction of sp³-hybridized carbons (Fsp3) is 0.176. The smallest absolute Gasteiger partial charge is 0.178 e. The number of aliphatic hydroxyl groups is 1. The lowest BCUT2D eigenvalue weighted by atomic mass is 9.85. The molecule has 0 aliphatic heterocycles. The summed E-state index contributed by atoms with van der Waals surface area (Å²) >= 11 is 5.88. The Labute approximate surface area is 124 Å². The van der Waals surface area contributed by atoms with Crippen LogP contribution in [0, 0.1) is 12.3 Å². The Hall–Kier alpha value is -1.95. The molecule has 0 aromatic heterocycles. The van der Waals surface area contributed by atoms with E-state index in [1.807, 2.05) is 24.3 Å². The van der Waals surface area contributed by atoms with Crippen LogP contribution in [0.2, 0.25) is 5.02 Å². The highest BCUT2D eigenvalue weighted by atomic mass is 35.5. The van der Waals surface area contributed by atoms with Crippen molar-refractivity contribution in [2.75, 3.05) is 5.73 Å². The van der Waals surface area contributed by atoms with Gasteiger partial charge in [-0.2, -0.15) is 0 Å². The molecular formula is C17H16ClNO. The van der Waals surface area contributed by atoms with Crippen LogP contribution in [0.4, 0.5) is 5.69 Å². The lowest BCUT2D eigenvalue weighted by molar-refractivity contribution is 0.146. The predicted octanol–water partition coefficient (Wildman–Crippen LogP) is 3.35. The van der Waals surface area contributed by atoms with Gasteiger partial charge in [-0.05, 0) is 24.1 Å². The fourth-order valence-corrected chi connectivity index (χ4v) is 2.34. The molecule has 1 atom stereocenters. The molecule has 2 rings (SSSR count). The summed E-state index contributed by atoms with van der Waals surface area (Å²) in [4.78, 5) is 0. The molecule has 0 spiro atoms. The second-order valence-corrected chi connectivity index (χ2v) is 5.07. The Kier molecular flexibility index (Phi) is 4.04. The van der Waals surface area contributed by atoms with E-state index in [1.165, 1.54) is 5.56 Å². The summed E-state index contributed by atoms with van der Waals surface area (Å²) in [6.45, 7) is 2.07. The van der Waals surface area contributed by atoms with E-state index in [4.69, 9.17) is 23.8 Å². The predicted molar refractivity (Wildman–Crippen MR) is 83.5 cm³/mol. The first-order valence-corrected chi connectivity index (χ1v) is 6.74. The third-order valence-electron chi connectivity index (χ3n) is 3.39. The second kappa shape index (κ2) is 5.58. The average Bonchev–Trinajstić information content (AvgIpc) is 2.46. The van der Waals surface area contributed by atoms with Crippen LogP contribution in [0.3, 0.4) is 0 Å². The van der Waals surface area contributed by atoms with Gasteiger partial charge in [0.15, 0.2) is 5.60 Å². The Bertz CT molecular complexity index is 658. The van der Waals surface area contributed by atoms with Crippen LogP contribution in [0.1, 0.15) is 23.6 Å². The molecule has 0 aliphatic rings. The standard InChI is InChI=1S/C17H16ClNO/c1-3-12-5-7-13(8-6-12)17(20,4-2)15-10-9-14(18)11-16(15)19/h2,5-11,20H,3,19H2,1H3. The topological polar surface area (TPSA) is 46.2 Å². The van der Waals surface area contributed by atoms with Crippen LogP contribution < -0.4 is 5.73 Å². The van der Waals surface area contributed by atoms with Crippen LogP contribution in [0.25, 0.3) is 0 Å². The zero-order valence-electron chi connectivity index (χ0n) is 11.2. The summed E-state index contributed by atoms with van der Waals surface area (Å²) in [5.74, 6) is 2.44. The van der Waals surface area contributed by atoms with E-state index in [2.05, 4.69) is 12.8 Å². The van der Waals surface area contributed by atoms with Gasteiger partial charge in [0.1, 0.15) is 0 Å². The summed E-state index contributed by atoms with van der Waals surface area (Å²) in [6, 6.07) is 12.5. The number of terminal acetylenes is 1. The Morgan fingerprint density at radius 2 is 1.90 bits per heavy atom. The highest BCUT2D eigenvalue weighted by Crippen LogP contribution is 2.34. The minimum absolute atomic E-state index is 0.373. The summed E-state index contributed by atoms with van der Waals surface area (Å²) in [6.07, 6.45) is 6.49. The third kappa shape index (κ3) is 2.51. The summed E-state index contributed by atoms with van der Waals surface area (Å²) in [5.41, 5.74) is 7.02. The molecule has 2 nitrogen and oxygen atoms in total. The molecule has 0 radical (unpaired) electrons. The third-order valence-corrected chi connectivity index (χ3v) is 3.63. The molecule has 0 saturated carbocycles. The molecule has 102 valence electrons. The van der Waals surface area contributed by atoms with Crippen molar-refractivity contribution in [1.82, 2.24) is 0 Å². The van der Waals surface area contributed by atoms with Gasteiger partial charge in [-0.3, -0.25) is 0 Å². The highest BCUT2D eigenvalue weighted by Gasteiger charge is 2.31. The van der Waals surface area contributed by atoms with Crippen molar-refractivity contribution in [2.45, 2.75) is 18.9 Å². The molecule has 2 aromatic rings. The lowest BCUT2D eigenvalue weighted by Crippen LogP contribution is -2.26. The molecule has 0 saturated heterocycles. The molecule has 0 amide bonds. The Balaban J connectivity index is 2.55. The van der Waals surface area contributed by atoms with E-state index in [0.717, 1.165) is 6.42 Å². The molecule has 0 heterocycles. The molecule has 0 bridgehead atoms. The van der Waals surface area contributed by atoms with Gasteiger partial charge in [0, 0.05) is 21.8 Å². The van der Waals surface area contributed by atoms with Gasteiger partial charge >= 0.3 is 0 Å².